The third-order valence-corrected chi connectivity index (χ3v) is 5.39. The van der Waals surface area contributed by atoms with Crippen molar-refractivity contribution in [2.45, 2.75) is 25.7 Å². The second-order valence-corrected chi connectivity index (χ2v) is 6.79. The van der Waals surface area contributed by atoms with Gasteiger partial charge in [-0.1, -0.05) is 6.42 Å². The van der Waals surface area contributed by atoms with Crippen LogP contribution < -0.4 is 10.6 Å². The molecule has 1 aromatic heterocycles. The molecular formula is C17H22N4. The van der Waals surface area contributed by atoms with Crippen molar-refractivity contribution in [3.8, 4) is 0 Å². The van der Waals surface area contributed by atoms with Gasteiger partial charge in [0.15, 0.2) is 0 Å². The van der Waals surface area contributed by atoms with Crippen molar-refractivity contribution >= 4 is 22.4 Å². The zero-order valence-electron chi connectivity index (χ0n) is 12.5. The summed E-state index contributed by atoms with van der Waals surface area (Å²) >= 11 is 0. The van der Waals surface area contributed by atoms with Crippen LogP contribution in [0.4, 0.5) is 11.5 Å². The van der Waals surface area contributed by atoms with Crippen LogP contribution in [0.5, 0.6) is 0 Å². The zero-order chi connectivity index (χ0) is 14.4. The molecule has 21 heavy (non-hydrogen) atoms. The van der Waals surface area contributed by atoms with Crippen LogP contribution in [-0.2, 0) is 0 Å². The molecule has 0 amide bonds. The predicted octanol–water partition coefficient (Wildman–Crippen LogP) is 3.08. The first-order valence-electron chi connectivity index (χ1n) is 7.92. The molecule has 2 aromatic rings. The maximum absolute atomic E-state index is 5.93. The maximum atomic E-state index is 5.93. The molecule has 0 spiro atoms. The van der Waals surface area contributed by atoms with E-state index in [9.17, 15) is 0 Å². The first-order chi connectivity index (χ1) is 10.2. The second-order valence-electron chi connectivity index (χ2n) is 6.79. The molecule has 2 bridgehead atoms. The largest absolute Gasteiger partial charge is 0.399 e. The van der Waals surface area contributed by atoms with Crippen LogP contribution in [0, 0.1) is 17.8 Å². The standard InChI is InChI=1S/C17H22N4/c1-21(9-13-7-11-2-3-12(13)6-11)17-15-8-14(18)4-5-16(15)19-10-20-17/h4-5,8,10-13H,2-3,6-7,9,18H2,1H3. The number of nitrogens with zero attached hydrogens (tertiary/aromatic N) is 3. The van der Waals surface area contributed by atoms with Crippen molar-refractivity contribution < 1.29 is 0 Å². The zero-order valence-corrected chi connectivity index (χ0v) is 12.5. The second kappa shape index (κ2) is 4.86. The topological polar surface area (TPSA) is 55.0 Å². The van der Waals surface area contributed by atoms with E-state index in [1.807, 2.05) is 18.2 Å². The lowest BCUT2D eigenvalue weighted by molar-refractivity contribution is 0.337. The highest BCUT2D eigenvalue weighted by Crippen LogP contribution is 2.48. The van der Waals surface area contributed by atoms with Crippen molar-refractivity contribution in [3.63, 3.8) is 0 Å². The molecule has 4 heteroatoms. The number of hydrogen-bond donors (Lipinski definition) is 1. The highest BCUT2D eigenvalue weighted by molar-refractivity contribution is 5.91. The summed E-state index contributed by atoms with van der Waals surface area (Å²) in [5, 5.41) is 1.06. The Bertz CT molecular complexity index is 669. The minimum atomic E-state index is 0.770. The average Bonchev–Trinajstić information content (AvgIpc) is 3.09. The quantitative estimate of drug-likeness (QED) is 0.879. The van der Waals surface area contributed by atoms with Crippen LogP contribution in [0.3, 0.4) is 0 Å². The Morgan fingerprint density at radius 3 is 2.90 bits per heavy atom. The van der Waals surface area contributed by atoms with E-state index in [-0.39, 0.29) is 0 Å². The number of fused-ring (bicyclic) bond motifs is 3. The normalized spacial score (nSPS) is 27.4. The SMILES string of the molecule is CN(CC1CC2CCC1C2)c1ncnc2ccc(N)cc12. The molecule has 110 valence electrons. The molecule has 1 heterocycles. The number of nitrogens with two attached hydrogens (primary N) is 1. The number of aromatic nitrogens is 2. The van der Waals surface area contributed by atoms with Gasteiger partial charge in [-0.2, -0.15) is 0 Å². The highest BCUT2D eigenvalue weighted by atomic mass is 15.2. The van der Waals surface area contributed by atoms with E-state index < -0.39 is 0 Å². The summed E-state index contributed by atoms with van der Waals surface area (Å²) in [5.74, 6) is 3.77. The van der Waals surface area contributed by atoms with E-state index in [2.05, 4.69) is 21.9 Å². The summed E-state index contributed by atoms with van der Waals surface area (Å²) in [7, 11) is 2.15. The lowest BCUT2D eigenvalue weighted by Crippen LogP contribution is -2.29. The third kappa shape index (κ3) is 2.23. The maximum Gasteiger partial charge on any atom is 0.139 e. The van der Waals surface area contributed by atoms with Gasteiger partial charge in [0.1, 0.15) is 12.1 Å². The number of anilines is 2. The number of nitrogen functional groups attached to an aromatic ring is 1. The summed E-state index contributed by atoms with van der Waals surface area (Å²) in [5.41, 5.74) is 7.67. The molecule has 2 fully saturated rings. The molecule has 0 radical (unpaired) electrons. The lowest BCUT2D eigenvalue weighted by atomic mass is 9.88. The first kappa shape index (κ1) is 12.9. The van der Waals surface area contributed by atoms with E-state index >= 15 is 0 Å². The molecule has 1 aromatic carbocycles. The van der Waals surface area contributed by atoms with Crippen molar-refractivity contribution in [2.75, 3.05) is 24.2 Å². The van der Waals surface area contributed by atoms with Gasteiger partial charge >= 0.3 is 0 Å². The van der Waals surface area contributed by atoms with Gasteiger partial charge in [-0.25, -0.2) is 9.97 Å². The van der Waals surface area contributed by atoms with Gasteiger partial charge in [0.25, 0.3) is 0 Å². The van der Waals surface area contributed by atoms with Gasteiger partial charge in [-0.15, -0.1) is 0 Å². The van der Waals surface area contributed by atoms with E-state index in [1.54, 1.807) is 6.33 Å². The molecular weight excluding hydrogens is 260 g/mol. The van der Waals surface area contributed by atoms with Crippen LogP contribution in [0.15, 0.2) is 24.5 Å². The predicted molar refractivity (Wildman–Crippen MR) is 86.2 cm³/mol. The number of rotatable bonds is 3. The van der Waals surface area contributed by atoms with Gasteiger partial charge in [0.2, 0.25) is 0 Å². The van der Waals surface area contributed by atoms with E-state index in [4.69, 9.17) is 5.73 Å². The van der Waals surface area contributed by atoms with Crippen LogP contribution in [-0.4, -0.2) is 23.6 Å². The average molecular weight is 282 g/mol. The fraction of sp³-hybridized carbons (Fsp3) is 0.529. The van der Waals surface area contributed by atoms with Crippen molar-refractivity contribution in [1.82, 2.24) is 9.97 Å². The Morgan fingerprint density at radius 2 is 2.14 bits per heavy atom. The summed E-state index contributed by atoms with van der Waals surface area (Å²) in [6, 6.07) is 5.86. The van der Waals surface area contributed by atoms with Gasteiger partial charge in [-0.3, -0.25) is 0 Å². The number of hydrogen-bond acceptors (Lipinski definition) is 4. The minimum absolute atomic E-state index is 0.770. The van der Waals surface area contributed by atoms with Gasteiger partial charge in [0, 0.05) is 24.7 Å². The Kier molecular flexibility index (Phi) is 2.98. The minimum Gasteiger partial charge on any atom is -0.399 e. The fourth-order valence-corrected chi connectivity index (χ4v) is 4.40. The van der Waals surface area contributed by atoms with Crippen LogP contribution >= 0.6 is 0 Å². The molecule has 4 nitrogen and oxygen atoms in total. The Balaban J connectivity index is 1.62. The molecule has 4 rings (SSSR count). The summed E-state index contributed by atoms with van der Waals surface area (Å²) < 4.78 is 0. The van der Waals surface area contributed by atoms with Crippen molar-refractivity contribution in [3.05, 3.63) is 24.5 Å². The molecule has 2 N–H and O–H groups in total. The van der Waals surface area contributed by atoms with Crippen LogP contribution in [0.1, 0.15) is 25.7 Å². The molecule has 3 unspecified atom stereocenters. The third-order valence-electron chi connectivity index (χ3n) is 5.39. The van der Waals surface area contributed by atoms with Crippen LogP contribution in [0.2, 0.25) is 0 Å². The molecule has 0 aliphatic heterocycles. The molecule has 2 aliphatic carbocycles. The van der Waals surface area contributed by atoms with Gasteiger partial charge in [0.05, 0.1) is 5.52 Å². The van der Waals surface area contributed by atoms with E-state index in [1.165, 1.54) is 25.7 Å². The Hall–Kier alpha value is -1.84. The molecule has 3 atom stereocenters. The lowest BCUT2D eigenvalue weighted by Gasteiger charge is -2.28. The van der Waals surface area contributed by atoms with Crippen molar-refractivity contribution in [2.24, 2.45) is 17.8 Å². The van der Waals surface area contributed by atoms with Crippen LogP contribution in [0.25, 0.3) is 10.9 Å². The summed E-state index contributed by atoms with van der Waals surface area (Å²) in [6.45, 7) is 1.10. The Morgan fingerprint density at radius 1 is 1.24 bits per heavy atom. The highest BCUT2D eigenvalue weighted by Gasteiger charge is 2.39. The van der Waals surface area contributed by atoms with Crippen molar-refractivity contribution in [1.29, 1.82) is 0 Å². The number of benzene rings is 1. The molecule has 2 saturated carbocycles. The van der Waals surface area contributed by atoms with Gasteiger partial charge < -0.3 is 10.6 Å². The summed E-state index contributed by atoms with van der Waals surface area (Å²) in [6.07, 6.45) is 7.40. The van der Waals surface area contributed by atoms with E-state index in [0.717, 1.165) is 46.7 Å². The van der Waals surface area contributed by atoms with E-state index in [0.29, 0.717) is 0 Å². The Labute approximate surface area is 125 Å². The monoisotopic (exact) mass is 282 g/mol. The molecule has 2 aliphatic rings. The summed E-state index contributed by atoms with van der Waals surface area (Å²) in [4.78, 5) is 11.2. The fourth-order valence-electron chi connectivity index (χ4n) is 4.40. The smallest absolute Gasteiger partial charge is 0.139 e. The molecule has 0 saturated heterocycles. The van der Waals surface area contributed by atoms with Gasteiger partial charge in [-0.05, 0) is 55.2 Å². The first-order valence-corrected chi connectivity index (χ1v) is 7.92.